The van der Waals surface area contributed by atoms with E-state index in [1.165, 1.54) is 0 Å². The fourth-order valence-electron chi connectivity index (χ4n) is 1.44. The predicted molar refractivity (Wildman–Crippen MR) is 66.0 cm³/mol. The Morgan fingerprint density at radius 1 is 1.56 bits per heavy atom. The van der Waals surface area contributed by atoms with Gasteiger partial charge in [0.1, 0.15) is 5.54 Å². The molecule has 0 aromatic rings. The van der Waals surface area contributed by atoms with Crippen LogP contribution in [0.25, 0.3) is 0 Å². The fourth-order valence-corrected chi connectivity index (χ4v) is 2.48. The van der Waals surface area contributed by atoms with Crippen LogP contribution in [-0.4, -0.2) is 47.9 Å². The molecule has 1 aliphatic carbocycles. The lowest BCUT2D eigenvalue weighted by molar-refractivity contribution is -0.144. The Labute approximate surface area is 101 Å². The van der Waals surface area contributed by atoms with Crippen molar-refractivity contribution in [3.05, 3.63) is 0 Å². The first kappa shape index (κ1) is 13.8. The van der Waals surface area contributed by atoms with Gasteiger partial charge in [0, 0.05) is 18.9 Å². The van der Waals surface area contributed by atoms with Crippen LogP contribution < -0.4 is 5.32 Å². The minimum atomic E-state index is -0.763. The molecule has 0 saturated heterocycles. The van der Waals surface area contributed by atoms with Crippen LogP contribution in [0.5, 0.6) is 0 Å². The SMILES string of the molecule is COCCSCCC(C)(NC1CC1)C(=O)O. The van der Waals surface area contributed by atoms with Crippen LogP contribution >= 0.6 is 11.8 Å². The summed E-state index contributed by atoms with van der Waals surface area (Å²) in [6, 6.07) is 0.421. The number of methoxy groups -OCH3 is 1. The number of carboxylic acids is 1. The van der Waals surface area contributed by atoms with Crippen molar-refractivity contribution in [2.24, 2.45) is 0 Å². The summed E-state index contributed by atoms with van der Waals surface area (Å²) in [4.78, 5) is 11.2. The Hall–Kier alpha value is -0.260. The van der Waals surface area contributed by atoms with Crippen LogP contribution in [0.2, 0.25) is 0 Å². The third-order valence-electron chi connectivity index (χ3n) is 2.75. The molecule has 2 N–H and O–H groups in total. The monoisotopic (exact) mass is 247 g/mol. The minimum Gasteiger partial charge on any atom is -0.480 e. The first-order valence-corrected chi connectivity index (χ1v) is 6.82. The van der Waals surface area contributed by atoms with E-state index in [1.54, 1.807) is 25.8 Å². The Morgan fingerprint density at radius 3 is 2.75 bits per heavy atom. The zero-order valence-electron chi connectivity index (χ0n) is 9.99. The van der Waals surface area contributed by atoms with E-state index in [1.807, 2.05) is 0 Å². The van der Waals surface area contributed by atoms with Gasteiger partial charge >= 0.3 is 5.97 Å². The summed E-state index contributed by atoms with van der Waals surface area (Å²) >= 11 is 1.74. The number of thioether (sulfide) groups is 1. The predicted octanol–water partition coefficient (Wildman–Crippen LogP) is 1.35. The van der Waals surface area contributed by atoms with E-state index in [-0.39, 0.29) is 0 Å². The van der Waals surface area contributed by atoms with E-state index in [9.17, 15) is 9.90 Å². The minimum absolute atomic E-state index is 0.421. The first-order chi connectivity index (χ1) is 7.58. The summed E-state index contributed by atoms with van der Waals surface area (Å²) in [6.07, 6.45) is 2.88. The van der Waals surface area contributed by atoms with Gasteiger partial charge in [0.05, 0.1) is 6.61 Å². The maximum Gasteiger partial charge on any atom is 0.323 e. The molecule has 1 rings (SSSR count). The zero-order chi connectivity index (χ0) is 12.0. The molecular formula is C11H21NO3S. The molecule has 0 aromatic carbocycles. The van der Waals surface area contributed by atoms with E-state index >= 15 is 0 Å². The van der Waals surface area contributed by atoms with Gasteiger partial charge in [-0.2, -0.15) is 11.8 Å². The Bertz CT molecular complexity index is 233. The molecule has 0 amide bonds. The third kappa shape index (κ3) is 4.72. The van der Waals surface area contributed by atoms with Crippen molar-refractivity contribution < 1.29 is 14.6 Å². The van der Waals surface area contributed by atoms with Gasteiger partial charge in [-0.25, -0.2) is 0 Å². The summed E-state index contributed by atoms with van der Waals surface area (Å²) in [5, 5.41) is 12.4. The van der Waals surface area contributed by atoms with Crippen molar-refractivity contribution in [3.63, 3.8) is 0 Å². The highest BCUT2D eigenvalue weighted by atomic mass is 32.2. The highest BCUT2D eigenvalue weighted by molar-refractivity contribution is 7.99. The van der Waals surface area contributed by atoms with Crippen molar-refractivity contribution >= 4 is 17.7 Å². The Balaban J connectivity index is 2.23. The van der Waals surface area contributed by atoms with E-state index < -0.39 is 11.5 Å². The Kier molecular flexibility index (Phi) is 5.58. The van der Waals surface area contributed by atoms with E-state index in [0.29, 0.717) is 12.5 Å². The van der Waals surface area contributed by atoms with E-state index in [0.717, 1.165) is 31.0 Å². The standard InChI is InChI=1S/C11H21NO3S/c1-11(10(13)14,12-9-3-4-9)5-7-16-8-6-15-2/h9,12H,3-8H2,1-2H3,(H,13,14). The zero-order valence-corrected chi connectivity index (χ0v) is 10.8. The highest BCUT2D eigenvalue weighted by Crippen LogP contribution is 2.25. The van der Waals surface area contributed by atoms with Crippen LogP contribution in [0.1, 0.15) is 26.2 Å². The van der Waals surface area contributed by atoms with E-state index in [2.05, 4.69) is 5.32 Å². The molecule has 5 heteroatoms. The average Bonchev–Trinajstić information content (AvgIpc) is 3.01. The van der Waals surface area contributed by atoms with Gasteiger partial charge in [-0.05, 0) is 31.9 Å². The maximum absolute atomic E-state index is 11.2. The molecule has 1 atom stereocenters. The van der Waals surface area contributed by atoms with Crippen LogP contribution in [0, 0.1) is 0 Å². The van der Waals surface area contributed by atoms with E-state index in [4.69, 9.17) is 4.74 Å². The topological polar surface area (TPSA) is 58.6 Å². The molecular weight excluding hydrogens is 226 g/mol. The first-order valence-electron chi connectivity index (χ1n) is 5.66. The second-order valence-electron chi connectivity index (χ2n) is 4.41. The molecule has 0 aromatic heterocycles. The van der Waals surface area contributed by atoms with Gasteiger partial charge in [0.25, 0.3) is 0 Å². The molecule has 0 bridgehead atoms. The molecule has 1 aliphatic rings. The van der Waals surface area contributed by atoms with Gasteiger partial charge in [-0.1, -0.05) is 0 Å². The molecule has 0 radical (unpaired) electrons. The van der Waals surface area contributed by atoms with Crippen LogP contribution in [-0.2, 0) is 9.53 Å². The lowest BCUT2D eigenvalue weighted by Gasteiger charge is -2.26. The number of nitrogens with one attached hydrogen (secondary N) is 1. The number of carbonyl (C=O) groups is 1. The molecule has 0 aliphatic heterocycles. The fraction of sp³-hybridized carbons (Fsp3) is 0.909. The van der Waals surface area contributed by atoms with Gasteiger partial charge in [0.2, 0.25) is 0 Å². The summed E-state index contributed by atoms with van der Waals surface area (Å²) < 4.78 is 4.94. The molecule has 0 spiro atoms. The average molecular weight is 247 g/mol. The van der Waals surface area contributed by atoms with Crippen molar-refractivity contribution in [1.82, 2.24) is 5.32 Å². The van der Waals surface area contributed by atoms with Crippen molar-refractivity contribution in [2.75, 3.05) is 25.2 Å². The molecule has 1 unspecified atom stereocenters. The second-order valence-corrected chi connectivity index (χ2v) is 5.64. The molecule has 0 heterocycles. The maximum atomic E-state index is 11.2. The lowest BCUT2D eigenvalue weighted by atomic mass is 9.99. The smallest absolute Gasteiger partial charge is 0.323 e. The normalized spacial score (nSPS) is 19.4. The number of carboxylic acid groups (broad SMARTS) is 1. The van der Waals surface area contributed by atoms with Gasteiger partial charge in [0.15, 0.2) is 0 Å². The van der Waals surface area contributed by atoms with Gasteiger partial charge < -0.3 is 9.84 Å². The van der Waals surface area contributed by atoms with Gasteiger partial charge in [-0.3, -0.25) is 10.1 Å². The summed E-state index contributed by atoms with van der Waals surface area (Å²) in [5.74, 6) is 1.04. The number of aliphatic carboxylic acids is 1. The summed E-state index contributed by atoms with van der Waals surface area (Å²) in [6.45, 7) is 2.51. The van der Waals surface area contributed by atoms with Crippen molar-refractivity contribution in [2.45, 2.75) is 37.8 Å². The largest absolute Gasteiger partial charge is 0.480 e. The van der Waals surface area contributed by atoms with Crippen molar-refractivity contribution in [1.29, 1.82) is 0 Å². The molecule has 1 fully saturated rings. The number of rotatable bonds is 9. The summed E-state index contributed by atoms with van der Waals surface area (Å²) in [5.41, 5.74) is -0.763. The summed E-state index contributed by atoms with van der Waals surface area (Å²) in [7, 11) is 1.68. The van der Waals surface area contributed by atoms with Crippen LogP contribution in [0.4, 0.5) is 0 Å². The van der Waals surface area contributed by atoms with Crippen LogP contribution in [0.15, 0.2) is 0 Å². The number of hydrogen-bond donors (Lipinski definition) is 2. The quantitative estimate of drug-likeness (QED) is 0.602. The Morgan fingerprint density at radius 2 is 2.25 bits per heavy atom. The molecule has 1 saturated carbocycles. The number of ether oxygens (including phenoxy) is 1. The molecule has 16 heavy (non-hydrogen) atoms. The lowest BCUT2D eigenvalue weighted by Crippen LogP contribution is -2.51. The molecule has 4 nitrogen and oxygen atoms in total. The highest BCUT2D eigenvalue weighted by Gasteiger charge is 2.37. The van der Waals surface area contributed by atoms with Crippen LogP contribution in [0.3, 0.4) is 0 Å². The second kappa shape index (κ2) is 6.47. The number of hydrogen-bond acceptors (Lipinski definition) is 4. The van der Waals surface area contributed by atoms with Crippen molar-refractivity contribution in [3.8, 4) is 0 Å². The molecule has 94 valence electrons. The third-order valence-corrected chi connectivity index (χ3v) is 3.70. The van der Waals surface area contributed by atoms with Gasteiger partial charge in [-0.15, -0.1) is 0 Å².